The third kappa shape index (κ3) is 2.79. The predicted octanol–water partition coefficient (Wildman–Crippen LogP) is 3.94. The fourth-order valence-corrected chi connectivity index (χ4v) is 1.58. The highest BCUT2D eigenvalue weighted by atomic mass is 19.1. The lowest BCUT2D eigenvalue weighted by molar-refractivity contribution is 0.474. The molecule has 0 fully saturated rings. The summed E-state index contributed by atoms with van der Waals surface area (Å²) in [5.74, 6) is -0.428. The zero-order valence-corrected chi connectivity index (χ0v) is 8.69. The molecule has 0 atom stereocenters. The summed E-state index contributed by atoms with van der Waals surface area (Å²) >= 11 is 0. The van der Waals surface area contributed by atoms with Crippen molar-refractivity contribution in [3.8, 4) is 0 Å². The van der Waals surface area contributed by atoms with Gasteiger partial charge in [0.1, 0.15) is 11.6 Å². The largest absolute Gasteiger partial charge is 0.207 e. The molecule has 1 aromatic carbocycles. The molecule has 0 aliphatic rings. The number of halogens is 2. The summed E-state index contributed by atoms with van der Waals surface area (Å²) in [6, 6.07) is 3.82. The maximum absolute atomic E-state index is 13.2. The first-order valence-electron chi connectivity index (χ1n) is 5.11. The van der Waals surface area contributed by atoms with Crippen molar-refractivity contribution in [3.63, 3.8) is 0 Å². The molecule has 0 aliphatic heterocycles. The van der Waals surface area contributed by atoms with Crippen molar-refractivity contribution in [1.29, 1.82) is 0 Å². The first kappa shape index (κ1) is 11.2. The van der Waals surface area contributed by atoms with E-state index >= 15 is 0 Å². The minimum atomic E-state index is -0.504. The van der Waals surface area contributed by atoms with Gasteiger partial charge in [-0.25, -0.2) is 8.78 Å². The lowest BCUT2D eigenvalue weighted by atomic mass is 9.94. The second-order valence-corrected chi connectivity index (χ2v) is 3.62. The lowest BCUT2D eigenvalue weighted by Gasteiger charge is -2.12. The molecule has 0 nitrogen and oxygen atoms in total. The number of hydrogen-bond acceptors (Lipinski definition) is 0. The van der Waals surface area contributed by atoms with E-state index in [1.54, 1.807) is 6.07 Å². The van der Waals surface area contributed by atoms with Crippen molar-refractivity contribution in [2.75, 3.05) is 0 Å². The van der Waals surface area contributed by atoms with Gasteiger partial charge in [0.2, 0.25) is 0 Å². The Morgan fingerprint density at radius 3 is 2.29 bits per heavy atom. The molecule has 0 aliphatic carbocycles. The van der Waals surface area contributed by atoms with E-state index in [0.717, 1.165) is 18.9 Å². The van der Waals surface area contributed by atoms with E-state index < -0.39 is 11.6 Å². The summed E-state index contributed by atoms with van der Waals surface area (Å²) in [5, 5.41) is 0. The first-order valence-corrected chi connectivity index (χ1v) is 5.11. The lowest BCUT2D eigenvalue weighted by Crippen LogP contribution is -2.03. The van der Waals surface area contributed by atoms with E-state index in [0.29, 0.717) is 17.9 Å². The summed E-state index contributed by atoms with van der Waals surface area (Å²) in [5.41, 5.74) is 0.625. The Bertz CT molecular complexity index is 290. The van der Waals surface area contributed by atoms with Crippen LogP contribution in [0.25, 0.3) is 0 Å². The van der Waals surface area contributed by atoms with Gasteiger partial charge in [-0.05, 0) is 24.0 Å². The van der Waals surface area contributed by atoms with E-state index in [1.807, 2.05) is 0 Å². The van der Waals surface area contributed by atoms with Crippen molar-refractivity contribution in [2.24, 2.45) is 5.92 Å². The van der Waals surface area contributed by atoms with E-state index in [1.165, 1.54) is 6.07 Å². The Morgan fingerprint density at radius 2 is 1.79 bits per heavy atom. The third-order valence-corrected chi connectivity index (χ3v) is 2.68. The smallest absolute Gasteiger partial charge is 0.129 e. The van der Waals surface area contributed by atoms with E-state index in [4.69, 9.17) is 0 Å². The standard InChI is InChI=1S/C12H16F2/c1-3-9(4-2)7-10-5-6-11(13)8-12(10)14/h5-6,8-9H,3-4,7H2,1-2H3. The molecule has 0 N–H and O–H groups in total. The molecule has 1 aromatic rings. The molecule has 0 saturated carbocycles. The molecule has 0 heterocycles. The third-order valence-electron chi connectivity index (χ3n) is 2.68. The molecule has 78 valence electrons. The second-order valence-electron chi connectivity index (χ2n) is 3.62. The first-order chi connectivity index (χ1) is 6.67. The van der Waals surface area contributed by atoms with Gasteiger partial charge in [0.05, 0.1) is 0 Å². The van der Waals surface area contributed by atoms with Gasteiger partial charge in [-0.2, -0.15) is 0 Å². The molecule has 14 heavy (non-hydrogen) atoms. The molecule has 0 saturated heterocycles. The Hall–Kier alpha value is -0.920. The summed E-state index contributed by atoms with van der Waals surface area (Å²) in [6.45, 7) is 4.19. The molecule has 0 aromatic heterocycles. The molecule has 1 rings (SSSR count). The van der Waals surface area contributed by atoms with Gasteiger partial charge in [-0.3, -0.25) is 0 Å². The maximum Gasteiger partial charge on any atom is 0.129 e. The summed E-state index contributed by atoms with van der Waals surface area (Å²) in [4.78, 5) is 0. The Balaban J connectivity index is 2.76. The number of rotatable bonds is 4. The number of benzene rings is 1. The SMILES string of the molecule is CCC(CC)Cc1ccc(F)cc1F. The minimum absolute atomic E-state index is 0.420. The second kappa shape index (κ2) is 5.08. The molecule has 0 bridgehead atoms. The van der Waals surface area contributed by atoms with Crippen molar-refractivity contribution in [2.45, 2.75) is 33.1 Å². The summed E-state index contributed by atoms with van der Waals surface area (Å²) < 4.78 is 25.9. The molecule has 0 amide bonds. The maximum atomic E-state index is 13.2. The molecule has 0 radical (unpaired) electrons. The van der Waals surface area contributed by atoms with Gasteiger partial charge in [-0.15, -0.1) is 0 Å². The van der Waals surface area contributed by atoms with Crippen LogP contribution in [0.3, 0.4) is 0 Å². The summed E-state index contributed by atoms with van der Waals surface area (Å²) in [6.07, 6.45) is 2.78. The van der Waals surface area contributed by atoms with Crippen LogP contribution >= 0.6 is 0 Å². The molecule has 0 unspecified atom stereocenters. The normalized spacial score (nSPS) is 10.9. The van der Waals surface area contributed by atoms with E-state index in [2.05, 4.69) is 13.8 Å². The Labute approximate surface area is 84.0 Å². The molecule has 2 heteroatoms. The van der Waals surface area contributed by atoms with Crippen molar-refractivity contribution in [1.82, 2.24) is 0 Å². The van der Waals surface area contributed by atoms with Crippen LogP contribution in [0.1, 0.15) is 32.3 Å². The highest BCUT2D eigenvalue weighted by Gasteiger charge is 2.09. The van der Waals surface area contributed by atoms with Crippen LogP contribution in [0.4, 0.5) is 8.78 Å². The van der Waals surface area contributed by atoms with Crippen molar-refractivity contribution < 1.29 is 8.78 Å². The average Bonchev–Trinajstić information content (AvgIpc) is 2.17. The van der Waals surface area contributed by atoms with Gasteiger partial charge < -0.3 is 0 Å². The van der Waals surface area contributed by atoms with Crippen LogP contribution in [-0.4, -0.2) is 0 Å². The van der Waals surface area contributed by atoms with Gasteiger partial charge in [0, 0.05) is 6.07 Å². The van der Waals surface area contributed by atoms with Crippen LogP contribution in [0.5, 0.6) is 0 Å². The highest BCUT2D eigenvalue weighted by molar-refractivity contribution is 5.19. The van der Waals surface area contributed by atoms with Crippen LogP contribution in [0.15, 0.2) is 18.2 Å². The number of hydrogen-bond donors (Lipinski definition) is 0. The minimum Gasteiger partial charge on any atom is -0.207 e. The molecular weight excluding hydrogens is 182 g/mol. The highest BCUT2D eigenvalue weighted by Crippen LogP contribution is 2.18. The molecular formula is C12H16F2. The van der Waals surface area contributed by atoms with Crippen LogP contribution in [0, 0.1) is 17.6 Å². The van der Waals surface area contributed by atoms with Gasteiger partial charge in [0.25, 0.3) is 0 Å². The van der Waals surface area contributed by atoms with Gasteiger partial charge in [-0.1, -0.05) is 32.8 Å². The zero-order chi connectivity index (χ0) is 10.6. The van der Waals surface area contributed by atoms with Gasteiger partial charge >= 0.3 is 0 Å². The van der Waals surface area contributed by atoms with Gasteiger partial charge in [0.15, 0.2) is 0 Å². The van der Waals surface area contributed by atoms with Crippen LogP contribution in [-0.2, 0) is 6.42 Å². The summed E-state index contributed by atoms with van der Waals surface area (Å²) in [7, 11) is 0. The van der Waals surface area contributed by atoms with Crippen molar-refractivity contribution >= 4 is 0 Å². The topological polar surface area (TPSA) is 0 Å². The zero-order valence-electron chi connectivity index (χ0n) is 8.69. The average molecular weight is 198 g/mol. The fourth-order valence-electron chi connectivity index (χ4n) is 1.58. The quantitative estimate of drug-likeness (QED) is 0.687. The fraction of sp³-hybridized carbons (Fsp3) is 0.500. The van der Waals surface area contributed by atoms with Crippen LogP contribution < -0.4 is 0 Å². The Kier molecular flexibility index (Phi) is 4.05. The van der Waals surface area contributed by atoms with Crippen molar-refractivity contribution in [3.05, 3.63) is 35.4 Å². The predicted molar refractivity (Wildman–Crippen MR) is 54.1 cm³/mol. The van der Waals surface area contributed by atoms with Crippen LogP contribution in [0.2, 0.25) is 0 Å². The molecule has 0 spiro atoms. The Morgan fingerprint density at radius 1 is 1.14 bits per heavy atom. The van der Waals surface area contributed by atoms with E-state index in [-0.39, 0.29) is 0 Å². The monoisotopic (exact) mass is 198 g/mol. The van der Waals surface area contributed by atoms with E-state index in [9.17, 15) is 8.78 Å².